The number of allylic oxidation sites excluding steroid dienone is 3. The molecule has 3 rings (SSSR count). The maximum atomic E-state index is 9.60. The highest BCUT2D eigenvalue weighted by Crippen LogP contribution is 2.23. The Morgan fingerprint density at radius 1 is 0.917 bits per heavy atom. The lowest BCUT2D eigenvalue weighted by atomic mass is 10.00. The van der Waals surface area contributed by atoms with Gasteiger partial charge in [0.1, 0.15) is 0 Å². The number of hydrogen-bond acceptors (Lipinski definition) is 3. The molecule has 0 aromatic heterocycles. The fraction of sp³-hybridized carbons (Fsp3) is 0.190. The molecule has 1 aliphatic heterocycles. The molecule has 0 amide bonds. The quantitative estimate of drug-likeness (QED) is 0.632. The Labute approximate surface area is 143 Å². The molecule has 0 bridgehead atoms. The molecule has 0 aliphatic carbocycles. The third kappa shape index (κ3) is 4.13. The van der Waals surface area contributed by atoms with Crippen molar-refractivity contribution in [1.82, 2.24) is 4.90 Å². The molecule has 3 nitrogen and oxygen atoms in total. The van der Waals surface area contributed by atoms with Crippen molar-refractivity contribution in [2.24, 2.45) is 0 Å². The van der Waals surface area contributed by atoms with Crippen molar-refractivity contribution in [3.63, 3.8) is 0 Å². The third-order valence-electron chi connectivity index (χ3n) is 3.98. The summed E-state index contributed by atoms with van der Waals surface area (Å²) in [6.07, 6.45) is 4.11. The van der Waals surface area contributed by atoms with Crippen LogP contribution in [0.25, 0.3) is 11.1 Å². The highest BCUT2D eigenvalue weighted by molar-refractivity contribution is 5.88. The van der Waals surface area contributed by atoms with Gasteiger partial charge in [0, 0.05) is 19.3 Å². The maximum Gasteiger partial charge on any atom is 0.0998 e. The van der Waals surface area contributed by atoms with Crippen molar-refractivity contribution < 1.29 is 4.74 Å². The molecule has 0 saturated carbocycles. The van der Waals surface area contributed by atoms with E-state index in [-0.39, 0.29) is 0 Å². The number of ether oxygens (including phenoxy) is 1. The third-order valence-corrected chi connectivity index (χ3v) is 3.98. The topological polar surface area (TPSA) is 36.3 Å². The Morgan fingerprint density at radius 3 is 2.08 bits per heavy atom. The minimum absolute atomic E-state index is 0.666. The standard InChI is InChI=1S/C21H20N2O/c22-16-20(18-7-3-1-4-8-18)15-21(19-9-5-2-6-10-19)17-23-11-13-24-14-12-23/h1-10,15,17H,11-14H2. The molecule has 1 heterocycles. The molecule has 0 N–H and O–H groups in total. The zero-order valence-electron chi connectivity index (χ0n) is 13.6. The van der Waals surface area contributed by atoms with Crippen LogP contribution in [0.2, 0.25) is 0 Å². The van der Waals surface area contributed by atoms with Crippen LogP contribution in [0, 0.1) is 11.3 Å². The Morgan fingerprint density at radius 2 is 1.50 bits per heavy atom. The predicted molar refractivity (Wildman–Crippen MR) is 96.8 cm³/mol. The molecule has 1 saturated heterocycles. The van der Waals surface area contributed by atoms with Crippen LogP contribution >= 0.6 is 0 Å². The Hall–Kier alpha value is -2.83. The van der Waals surface area contributed by atoms with Crippen molar-refractivity contribution in [3.8, 4) is 6.07 Å². The van der Waals surface area contributed by atoms with Crippen molar-refractivity contribution in [2.45, 2.75) is 0 Å². The maximum absolute atomic E-state index is 9.60. The lowest BCUT2D eigenvalue weighted by molar-refractivity contribution is 0.0596. The van der Waals surface area contributed by atoms with Gasteiger partial charge >= 0.3 is 0 Å². The second-order valence-electron chi connectivity index (χ2n) is 5.63. The first-order valence-corrected chi connectivity index (χ1v) is 8.13. The van der Waals surface area contributed by atoms with Gasteiger partial charge in [0.05, 0.1) is 24.9 Å². The van der Waals surface area contributed by atoms with E-state index < -0.39 is 0 Å². The Kier molecular flexibility index (Phi) is 5.44. The molecular formula is C21H20N2O. The van der Waals surface area contributed by atoms with Crippen LogP contribution in [0.15, 0.2) is 72.9 Å². The monoisotopic (exact) mass is 316 g/mol. The van der Waals surface area contributed by atoms with Crippen molar-refractivity contribution in [2.75, 3.05) is 26.3 Å². The van der Waals surface area contributed by atoms with Gasteiger partial charge in [-0.1, -0.05) is 60.7 Å². The summed E-state index contributed by atoms with van der Waals surface area (Å²) in [4.78, 5) is 2.25. The van der Waals surface area contributed by atoms with Crippen LogP contribution in [0.5, 0.6) is 0 Å². The van der Waals surface area contributed by atoms with E-state index in [0.29, 0.717) is 5.57 Å². The molecule has 1 fully saturated rings. The van der Waals surface area contributed by atoms with E-state index in [0.717, 1.165) is 43.0 Å². The lowest BCUT2D eigenvalue weighted by Gasteiger charge is -2.26. The van der Waals surface area contributed by atoms with E-state index >= 15 is 0 Å². The molecule has 0 spiro atoms. The van der Waals surface area contributed by atoms with Gasteiger partial charge in [0.25, 0.3) is 0 Å². The van der Waals surface area contributed by atoms with Gasteiger partial charge in [0.15, 0.2) is 0 Å². The summed E-state index contributed by atoms with van der Waals surface area (Å²) < 4.78 is 5.42. The number of rotatable bonds is 4. The molecule has 0 unspecified atom stereocenters. The second kappa shape index (κ2) is 8.14. The first-order valence-electron chi connectivity index (χ1n) is 8.13. The molecular weight excluding hydrogens is 296 g/mol. The minimum Gasteiger partial charge on any atom is -0.378 e. The number of benzene rings is 2. The average molecular weight is 316 g/mol. The van der Waals surface area contributed by atoms with Crippen LogP contribution in [0.4, 0.5) is 0 Å². The summed E-state index contributed by atoms with van der Waals surface area (Å²) in [5.74, 6) is 0. The first kappa shape index (κ1) is 16.0. The van der Waals surface area contributed by atoms with Gasteiger partial charge in [-0.15, -0.1) is 0 Å². The van der Waals surface area contributed by atoms with Crippen LogP contribution in [0.1, 0.15) is 11.1 Å². The molecule has 3 heteroatoms. The van der Waals surface area contributed by atoms with E-state index in [1.54, 1.807) is 0 Å². The zero-order chi connectivity index (χ0) is 16.6. The van der Waals surface area contributed by atoms with E-state index in [1.807, 2.05) is 54.6 Å². The normalized spacial score (nSPS) is 15.9. The SMILES string of the molecule is N#CC(=CC(=CN1CCOCC1)c1ccccc1)c1ccccc1. The van der Waals surface area contributed by atoms with Gasteiger partial charge < -0.3 is 9.64 Å². The van der Waals surface area contributed by atoms with E-state index in [2.05, 4.69) is 29.3 Å². The van der Waals surface area contributed by atoms with Gasteiger partial charge in [-0.25, -0.2) is 0 Å². The molecule has 2 aromatic carbocycles. The second-order valence-corrected chi connectivity index (χ2v) is 5.63. The van der Waals surface area contributed by atoms with Crippen LogP contribution < -0.4 is 0 Å². The molecule has 24 heavy (non-hydrogen) atoms. The van der Waals surface area contributed by atoms with Crippen molar-refractivity contribution in [3.05, 3.63) is 84.1 Å². The molecule has 1 aliphatic rings. The van der Waals surface area contributed by atoms with E-state index in [1.165, 1.54) is 0 Å². The fourth-order valence-electron chi connectivity index (χ4n) is 2.68. The number of nitrogens with zero attached hydrogens (tertiary/aromatic N) is 2. The Balaban J connectivity index is 1.99. The van der Waals surface area contributed by atoms with Crippen molar-refractivity contribution >= 4 is 11.1 Å². The predicted octanol–water partition coefficient (Wildman–Crippen LogP) is 3.97. The van der Waals surface area contributed by atoms with E-state index in [9.17, 15) is 5.26 Å². The zero-order valence-corrected chi connectivity index (χ0v) is 13.6. The highest BCUT2D eigenvalue weighted by Gasteiger charge is 2.10. The van der Waals surface area contributed by atoms with Gasteiger partial charge in [-0.05, 0) is 22.8 Å². The average Bonchev–Trinajstić information content (AvgIpc) is 2.67. The molecule has 0 radical (unpaired) electrons. The largest absolute Gasteiger partial charge is 0.378 e. The summed E-state index contributed by atoms with van der Waals surface area (Å²) in [6, 6.07) is 22.3. The van der Waals surface area contributed by atoms with Crippen LogP contribution in [-0.4, -0.2) is 31.2 Å². The fourth-order valence-corrected chi connectivity index (χ4v) is 2.68. The summed E-state index contributed by atoms with van der Waals surface area (Å²) in [5.41, 5.74) is 3.74. The van der Waals surface area contributed by atoms with Gasteiger partial charge in [0.2, 0.25) is 0 Å². The minimum atomic E-state index is 0.666. The molecule has 120 valence electrons. The van der Waals surface area contributed by atoms with Crippen LogP contribution in [0.3, 0.4) is 0 Å². The summed E-state index contributed by atoms with van der Waals surface area (Å²) in [6.45, 7) is 3.23. The Bertz CT molecular complexity index is 751. The summed E-state index contributed by atoms with van der Waals surface area (Å²) >= 11 is 0. The smallest absolute Gasteiger partial charge is 0.0998 e. The molecule has 2 aromatic rings. The number of nitriles is 1. The van der Waals surface area contributed by atoms with E-state index in [4.69, 9.17) is 4.74 Å². The molecule has 0 atom stereocenters. The number of hydrogen-bond donors (Lipinski definition) is 0. The number of morpholine rings is 1. The lowest BCUT2D eigenvalue weighted by Crippen LogP contribution is -2.32. The summed E-state index contributed by atoms with van der Waals surface area (Å²) in [7, 11) is 0. The van der Waals surface area contributed by atoms with Crippen LogP contribution in [-0.2, 0) is 4.74 Å². The van der Waals surface area contributed by atoms with Gasteiger partial charge in [-0.2, -0.15) is 5.26 Å². The summed E-state index contributed by atoms with van der Waals surface area (Å²) in [5, 5.41) is 9.60. The highest BCUT2D eigenvalue weighted by atomic mass is 16.5. The van der Waals surface area contributed by atoms with Crippen molar-refractivity contribution in [1.29, 1.82) is 5.26 Å². The first-order chi connectivity index (χ1) is 11.9. The van der Waals surface area contributed by atoms with Gasteiger partial charge in [-0.3, -0.25) is 0 Å².